The summed E-state index contributed by atoms with van der Waals surface area (Å²) in [6.45, 7) is 3.81. The fourth-order valence-corrected chi connectivity index (χ4v) is 4.50. The smallest absolute Gasteiger partial charge is 0.319 e. The highest BCUT2D eigenvalue weighted by molar-refractivity contribution is 7.92. The number of aliphatic carboxylic acids is 1. The summed E-state index contributed by atoms with van der Waals surface area (Å²) >= 11 is 0.953. The summed E-state index contributed by atoms with van der Waals surface area (Å²) < 4.78 is 37.4. The number of halogens is 1. The fraction of sp³-hybridized carbons (Fsp3) is 0.211. The lowest BCUT2D eigenvalue weighted by atomic mass is 10.1. The highest BCUT2D eigenvalue weighted by atomic mass is 32.2. The Balaban J connectivity index is 1.93. The van der Waals surface area contributed by atoms with Crippen LogP contribution < -0.4 is 5.32 Å². The Morgan fingerprint density at radius 2 is 1.86 bits per heavy atom. The van der Waals surface area contributed by atoms with Crippen molar-refractivity contribution >= 4 is 38.6 Å². The second kappa shape index (κ2) is 8.26. The number of carboxylic acids is 1. The molecule has 0 aliphatic carbocycles. The van der Waals surface area contributed by atoms with E-state index in [4.69, 9.17) is 5.11 Å². The van der Waals surface area contributed by atoms with E-state index >= 15 is 0 Å². The molecule has 2 N–H and O–H groups in total. The zero-order valence-electron chi connectivity index (χ0n) is 15.6. The first-order valence-electron chi connectivity index (χ1n) is 8.64. The van der Waals surface area contributed by atoms with Gasteiger partial charge < -0.3 is 10.4 Å². The number of carbonyl (C=O) groups is 1. The van der Waals surface area contributed by atoms with Crippen LogP contribution in [0.3, 0.4) is 0 Å². The highest BCUT2D eigenvalue weighted by Crippen LogP contribution is 2.29. The molecule has 10 heteroatoms. The zero-order valence-corrected chi connectivity index (χ0v) is 17.3. The zero-order chi connectivity index (χ0) is 21.2. The maximum atomic E-state index is 13.4. The van der Waals surface area contributed by atoms with E-state index in [1.165, 1.54) is 30.3 Å². The Morgan fingerprint density at radius 3 is 2.41 bits per heavy atom. The van der Waals surface area contributed by atoms with Gasteiger partial charge in [-0.15, -0.1) is 11.3 Å². The molecule has 0 radical (unpaired) electrons. The van der Waals surface area contributed by atoms with E-state index in [1.807, 2.05) is 13.8 Å². The van der Waals surface area contributed by atoms with Gasteiger partial charge in [0.25, 0.3) is 0 Å². The number of rotatable bonds is 7. The molecule has 0 saturated heterocycles. The molecule has 0 atom stereocenters. The van der Waals surface area contributed by atoms with E-state index in [9.17, 15) is 17.6 Å². The minimum absolute atomic E-state index is 0.0743. The Kier molecular flexibility index (Phi) is 5.94. The summed E-state index contributed by atoms with van der Waals surface area (Å²) in [5, 5.41) is 11.6. The normalized spacial score (nSPS) is 11.4. The van der Waals surface area contributed by atoms with E-state index in [0.29, 0.717) is 28.6 Å². The van der Waals surface area contributed by atoms with Crippen LogP contribution in [0.25, 0.3) is 10.7 Å². The maximum absolute atomic E-state index is 13.4. The van der Waals surface area contributed by atoms with Crippen LogP contribution in [0.2, 0.25) is 0 Å². The summed E-state index contributed by atoms with van der Waals surface area (Å²) in [6, 6.07) is 8.74. The number of aromatic nitrogens is 2. The van der Waals surface area contributed by atoms with Crippen molar-refractivity contribution in [3.05, 3.63) is 52.8 Å². The van der Waals surface area contributed by atoms with Crippen molar-refractivity contribution in [1.29, 1.82) is 0 Å². The second-order valence-corrected chi connectivity index (χ2v) is 9.24. The van der Waals surface area contributed by atoms with Crippen LogP contribution in [-0.4, -0.2) is 35.2 Å². The van der Waals surface area contributed by atoms with E-state index in [-0.39, 0.29) is 10.0 Å². The van der Waals surface area contributed by atoms with Gasteiger partial charge in [-0.1, -0.05) is 6.92 Å². The van der Waals surface area contributed by atoms with Crippen molar-refractivity contribution in [2.75, 3.05) is 11.1 Å². The van der Waals surface area contributed by atoms with Crippen LogP contribution in [0.4, 0.5) is 15.9 Å². The van der Waals surface area contributed by atoms with Gasteiger partial charge in [0.1, 0.15) is 5.82 Å². The minimum Gasteiger partial charge on any atom is -0.480 e. The van der Waals surface area contributed by atoms with Crippen LogP contribution >= 0.6 is 11.3 Å². The molecule has 0 unspecified atom stereocenters. The predicted octanol–water partition coefficient (Wildman–Crippen LogP) is 3.82. The summed E-state index contributed by atoms with van der Waals surface area (Å²) in [4.78, 5) is 20.2. The SMILES string of the molecule is CCc1c(C)nc(-c2ccc(F)s2)nc1Nc1ccc(S(=O)(=O)CC(=O)O)cc1. The first-order chi connectivity index (χ1) is 13.7. The van der Waals surface area contributed by atoms with Crippen molar-refractivity contribution in [1.82, 2.24) is 9.97 Å². The van der Waals surface area contributed by atoms with Gasteiger partial charge in [-0.25, -0.2) is 18.4 Å². The third kappa shape index (κ3) is 4.77. The third-order valence-corrected chi connectivity index (χ3v) is 6.64. The first-order valence-corrected chi connectivity index (χ1v) is 11.1. The number of nitrogens with zero attached hydrogens (tertiary/aromatic N) is 2. The molecule has 3 aromatic rings. The molecule has 0 saturated carbocycles. The molecule has 0 bridgehead atoms. The number of aryl methyl sites for hydroxylation is 1. The lowest BCUT2D eigenvalue weighted by Gasteiger charge is -2.14. The van der Waals surface area contributed by atoms with Crippen molar-refractivity contribution in [3.63, 3.8) is 0 Å². The Morgan fingerprint density at radius 1 is 1.17 bits per heavy atom. The molecule has 2 aromatic heterocycles. The maximum Gasteiger partial charge on any atom is 0.319 e. The molecule has 0 spiro atoms. The van der Waals surface area contributed by atoms with Crippen molar-refractivity contribution in [2.45, 2.75) is 25.2 Å². The third-order valence-electron chi connectivity index (χ3n) is 4.15. The first kappa shape index (κ1) is 20.9. The molecule has 0 amide bonds. The van der Waals surface area contributed by atoms with Crippen molar-refractivity contribution in [2.24, 2.45) is 0 Å². The molecule has 0 aliphatic heterocycles. The molecule has 152 valence electrons. The van der Waals surface area contributed by atoms with E-state index in [1.54, 1.807) is 6.07 Å². The molecule has 0 fully saturated rings. The molecule has 2 heterocycles. The van der Waals surface area contributed by atoms with Gasteiger partial charge in [0, 0.05) is 16.9 Å². The van der Waals surface area contributed by atoms with Crippen LogP contribution in [0, 0.1) is 12.1 Å². The van der Waals surface area contributed by atoms with Crippen molar-refractivity contribution in [3.8, 4) is 10.7 Å². The number of anilines is 2. The predicted molar refractivity (Wildman–Crippen MR) is 109 cm³/mol. The second-order valence-electron chi connectivity index (χ2n) is 6.22. The molecule has 3 rings (SSSR count). The average molecular weight is 436 g/mol. The lowest BCUT2D eigenvalue weighted by molar-refractivity contribution is -0.134. The van der Waals surface area contributed by atoms with Gasteiger partial charge in [0.2, 0.25) is 0 Å². The summed E-state index contributed by atoms with van der Waals surface area (Å²) in [6.07, 6.45) is 0.665. The molecule has 0 aliphatic rings. The number of benzene rings is 1. The van der Waals surface area contributed by atoms with E-state index < -0.39 is 21.6 Å². The van der Waals surface area contributed by atoms with Crippen LogP contribution in [-0.2, 0) is 21.1 Å². The van der Waals surface area contributed by atoms with E-state index in [0.717, 1.165) is 22.6 Å². The number of thiophene rings is 1. The van der Waals surface area contributed by atoms with Gasteiger partial charge in [0.05, 0.1) is 9.77 Å². The Bertz CT molecular complexity index is 1160. The van der Waals surface area contributed by atoms with Gasteiger partial charge in [-0.05, 0) is 49.7 Å². The highest BCUT2D eigenvalue weighted by Gasteiger charge is 2.19. The number of sulfone groups is 1. The van der Waals surface area contributed by atoms with Crippen LogP contribution in [0.5, 0.6) is 0 Å². The van der Waals surface area contributed by atoms with Crippen LogP contribution in [0.1, 0.15) is 18.2 Å². The summed E-state index contributed by atoms with van der Waals surface area (Å²) in [5.41, 5.74) is 2.22. The van der Waals surface area contributed by atoms with Crippen molar-refractivity contribution < 1.29 is 22.7 Å². The monoisotopic (exact) mass is 435 g/mol. The summed E-state index contributed by atoms with van der Waals surface area (Å²) in [7, 11) is -3.90. The standard InChI is InChI=1S/C19H18FN3O4S2/c1-3-14-11(2)21-19(15-8-9-16(20)28-15)23-18(14)22-12-4-6-13(7-5-12)29(26,27)10-17(24)25/h4-9H,3,10H2,1-2H3,(H,24,25)(H,21,22,23). The van der Waals surface area contributed by atoms with Gasteiger partial charge in [0.15, 0.2) is 26.5 Å². The largest absolute Gasteiger partial charge is 0.480 e. The van der Waals surface area contributed by atoms with Gasteiger partial charge >= 0.3 is 5.97 Å². The molecular formula is C19H18FN3O4S2. The molecular weight excluding hydrogens is 417 g/mol. The molecule has 7 nitrogen and oxygen atoms in total. The van der Waals surface area contributed by atoms with Gasteiger partial charge in [-0.2, -0.15) is 4.39 Å². The number of hydrogen-bond donors (Lipinski definition) is 2. The lowest BCUT2D eigenvalue weighted by Crippen LogP contribution is -2.15. The molecule has 1 aromatic carbocycles. The van der Waals surface area contributed by atoms with E-state index in [2.05, 4.69) is 15.3 Å². The average Bonchev–Trinajstić information content (AvgIpc) is 3.07. The number of carboxylic acid groups (broad SMARTS) is 1. The van der Waals surface area contributed by atoms with Crippen LogP contribution in [0.15, 0.2) is 41.3 Å². The fourth-order valence-electron chi connectivity index (χ4n) is 2.80. The number of hydrogen-bond acceptors (Lipinski definition) is 7. The Hall–Kier alpha value is -2.85. The molecule has 29 heavy (non-hydrogen) atoms. The topological polar surface area (TPSA) is 109 Å². The van der Waals surface area contributed by atoms with Gasteiger partial charge in [-0.3, -0.25) is 4.79 Å². The summed E-state index contributed by atoms with van der Waals surface area (Å²) in [5.74, 6) is -1.43. The number of nitrogens with one attached hydrogen (secondary N) is 1. The Labute approximate surface area is 171 Å². The quantitative estimate of drug-likeness (QED) is 0.581. The minimum atomic E-state index is -3.90.